The molecule has 0 saturated carbocycles. The number of rotatable bonds is 6. The Labute approximate surface area is 196 Å². The lowest BCUT2D eigenvalue weighted by molar-refractivity contribution is -0.120. The number of carbonyl (C=O) groups is 2. The highest BCUT2D eigenvalue weighted by molar-refractivity contribution is 6.01. The molecule has 1 unspecified atom stereocenters. The van der Waals surface area contributed by atoms with Gasteiger partial charge in [0.2, 0.25) is 5.91 Å². The molecule has 1 aliphatic heterocycles. The van der Waals surface area contributed by atoms with E-state index in [-0.39, 0.29) is 29.7 Å². The van der Waals surface area contributed by atoms with Crippen LogP contribution in [0.15, 0.2) is 59.8 Å². The lowest BCUT2D eigenvalue weighted by atomic mass is 9.74. The maximum Gasteiger partial charge on any atom is 0.239 e. The highest BCUT2D eigenvalue weighted by Crippen LogP contribution is 2.44. The van der Waals surface area contributed by atoms with Crippen LogP contribution in [0.2, 0.25) is 0 Å². The average molecular weight is 448 g/mol. The molecule has 6 heteroatoms. The van der Waals surface area contributed by atoms with Gasteiger partial charge in [-0.2, -0.15) is 0 Å². The van der Waals surface area contributed by atoms with Gasteiger partial charge in [0, 0.05) is 24.2 Å². The third kappa shape index (κ3) is 4.90. The van der Waals surface area contributed by atoms with Crippen molar-refractivity contribution in [3.05, 3.63) is 65.4 Å². The van der Waals surface area contributed by atoms with Gasteiger partial charge in [0.15, 0.2) is 5.78 Å². The van der Waals surface area contributed by atoms with Crippen molar-refractivity contribution < 1.29 is 14.3 Å². The molecule has 2 aliphatic rings. The number of hydrogen-bond acceptors (Lipinski definition) is 5. The third-order valence-electron chi connectivity index (χ3n) is 6.48. The van der Waals surface area contributed by atoms with Crippen molar-refractivity contribution in [1.82, 2.24) is 5.32 Å². The molecule has 2 aromatic carbocycles. The minimum Gasteiger partial charge on any atom is -0.497 e. The smallest absolute Gasteiger partial charge is 0.239 e. The molecular formula is C27H33N3O3. The highest BCUT2D eigenvalue weighted by Gasteiger charge is 2.40. The van der Waals surface area contributed by atoms with Crippen LogP contribution >= 0.6 is 0 Å². The number of nitrogens with one attached hydrogen (secondary N) is 2. The van der Waals surface area contributed by atoms with Crippen molar-refractivity contribution in [3.8, 4) is 5.75 Å². The third-order valence-corrected chi connectivity index (χ3v) is 6.48. The van der Waals surface area contributed by atoms with E-state index in [1.807, 2.05) is 48.5 Å². The fourth-order valence-corrected chi connectivity index (χ4v) is 4.92. The monoisotopic (exact) mass is 447 g/mol. The number of anilines is 2. The van der Waals surface area contributed by atoms with E-state index in [4.69, 9.17) is 4.74 Å². The number of nitrogens with zero attached hydrogens (tertiary/aromatic N) is 1. The van der Waals surface area contributed by atoms with Crippen LogP contribution in [0.1, 0.15) is 45.6 Å². The number of amides is 1. The SMILES string of the molecule is CCC1C2=C(CC(C)(C)CC2=O)Nc2ccccc2N1CC(=O)NCc1ccc(OC)cc1. The minimum atomic E-state index is -0.147. The summed E-state index contributed by atoms with van der Waals surface area (Å²) in [5.74, 6) is 0.887. The molecule has 174 valence electrons. The maximum absolute atomic E-state index is 13.3. The zero-order valence-electron chi connectivity index (χ0n) is 19.9. The second kappa shape index (κ2) is 9.30. The Morgan fingerprint density at radius 1 is 1.15 bits per heavy atom. The van der Waals surface area contributed by atoms with Crippen molar-refractivity contribution in [1.29, 1.82) is 0 Å². The number of methoxy groups -OCH3 is 1. The fourth-order valence-electron chi connectivity index (χ4n) is 4.92. The first-order valence-electron chi connectivity index (χ1n) is 11.6. The van der Waals surface area contributed by atoms with E-state index >= 15 is 0 Å². The summed E-state index contributed by atoms with van der Waals surface area (Å²) in [6.07, 6.45) is 2.08. The summed E-state index contributed by atoms with van der Waals surface area (Å²) in [6, 6.07) is 15.5. The number of allylic oxidation sites excluding steroid dienone is 1. The molecule has 0 radical (unpaired) electrons. The first-order valence-corrected chi connectivity index (χ1v) is 11.6. The van der Waals surface area contributed by atoms with Crippen molar-refractivity contribution >= 4 is 23.1 Å². The molecule has 0 spiro atoms. The second-order valence-corrected chi connectivity index (χ2v) is 9.65. The van der Waals surface area contributed by atoms with Crippen LogP contribution in [0.5, 0.6) is 5.75 Å². The topological polar surface area (TPSA) is 70.7 Å². The van der Waals surface area contributed by atoms with E-state index in [0.717, 1.165) is 46.8 Å². The Kier molecular flexibility index (Phi) is 6.45. The van der Waals surface area contributed by atoms with Crippen LogP contribution in [-0.2, 0) is 16.1 Å². The molecule has 33 heavy (non-hydrogen) atoms. The maximum atomic E-state index is 13.3. The van der Waals surface area contributed by atoms with Gasteiger partial charge in [0.05, 0.1) is 31.1 Å². The highest BCUT2D eigenvalue weighted by atomic mass is 16.5. The quantitative estimate of drug-likeness (QED) is 0.674. The van der Waals surface area contributed by atoms with Crippen LogP contribution in [0.25, 0.3) is 0 Å². The molecule has 0 saturated heterocycles. The largest absolute Gasteiger partial charge is 0.497 e. The van der Waals surface area contributed by atoms with Gasteiger partial charge in [0.1, 0.15) is 5.75 Å². The summed E-state index contributed by atoms with van der Waals surface area (Å²) in [7, 11) is 1.63. The van der Waals surface area contributed by atoms with E-state index in [2.05, 4.69) is 36.3 Å². The summed E-state index contributed by atoms with van der Waals surface area (Å²) in [5.41, 5.74) is 4.64. The first-order chi connectivity index (χ1) is 15.8. The van der Waals surface area contributed by atoms with E-state index in [0.29, 0.717) is 13.0 Å². The summed E-state index contributed by atoms with van der Waals surface area (Å²) in [4.78, 5) is 28.4. The number of Topliss-reactive ketones (excluding diaryl/α,β-unsaturated/α-hetero) is 1. The normalized spacial score (nSPS) is 19.2. The molecule has 0 bridgehead atoms. The van der Waals surface area contributed by atoms with Crippen molar-refractivity contribution in [2.75, 3.05) is 23.9 Å². The van der Waals surface area contributed by atoms with Crippen LogP contribution in [0, 0.1) is 5.41 Å². The number of fused-ring (bicyclic) bond motifs is 1. The van der Waals surface area contributed by atoms with E-state index in [9.17, 15) is 9.59 Å². The van der Waals surface area contributed by atoms with Gasteiger partial charge in [-0.1, -0.05) is 45.0 Å². The van der Waals surface area contributed by atoms with E-state index in [1.165, 1.54) is 0 Å². The molecule has 1 amide bonds. The first kappa shape index (κ1) is 22.9. The number of carbonyl (C=O) groups excluding carboxylic acids is 2. The molecule has 1 heterocycles. The molecule has 2 N–H and O–H groups in total. The Morgan fingerprint density at radius 2 is 1.88 bits per heavy atom. The molecule has 0 aromatic heterocycles. The predicted octanol–water partition coefficient (Wildman–Crippen LogP) is 4.67. The van der Waals surface area contributed by atoms with E-state index in [1.54, 1.807) is 7.11 Å². The Balaban J connectivity index is 1.59. The number of para-hydroxylation sites is 2. The van der Waals surface area contributed by atoms with Gasteiger partial charge in [-0.15, -0.1) is 0 Å². The Bertz CT molecular complexity index is 1070. The Hall–Kier alpha value is -3.28. The summed E-state index contributed by atoms with van der Waals surface area (Å²) in [6.45, 7) is 6.98. The summed E-state index contributed by atoms with van der Waals surface area (Å²) < 4.78 is 5.20. The Morgan fingerprint density at radius 3 is 2.58 bits per heavy atom. The van der Waals surface area contributed by atoms with Crippen molar-refractivity contribution in [2.45, 2.75) is 52.6 Å². The molecule has 2 aromatic rings. The van der Waals surface area contributed by atoms with Gasteiger partial charge in [-0.05, 0) is 48.1 Å². The molecular weight excluding hydrogens is 414 g/mol. The van der Waals surface area contributed by atoms with Crippen LogP contribution in [0.3, 0.4) is 0 Å². The zero-order chi connectivity index (χ0) is 23.6. The number of ether oxygens (including phenoxy) is 1. The van der Waals surface area contributed by atoms with Crippen LogP contribution in [0.4, 0.5) is 11.4 Å². The molecule has 1 atom stereocenters. The van der Waals surface area contributed by atoms with Gasteiger partial charge in [-0.3, -0.25) is 9.59 Å². The van der Waals surface area contributed by atoms with Gasteiger partial charge >= 0.3 is 0 Å². The standard InChI is InChI=1S/C27H33N3O3/c1-5-22-26-21(14-27(2,3)15-24(26)31)29-20-8-6-7-9-23(20)30(22)17-25(32)28-16-18-10-12-19(33-4)13-11-18/h6-13,22,29H,5,14-17H2,1-4H3,(H,28,32). The van der Waals surface area contributed by atoms with Crippen LogP contribution < -0.4 is 20.3 Å². The van der Waals surface area contributed by atoms with E-state index < -0.39 is 0 Å². The lowest BCUT2D eigenvalue weighted by Gasteiger charge is -2.37. The molecule has 4 rings (SSSR count). The molecule has 1 aliphatic carbocycles. The summed E-state index contributed by atoms with van der Waals surface area (Å²) >= 11 is 0. The number of hydrogen-bond donors (Lipinski definition) is 2. The average Bonchev–Trinajstić information content (AvgIpc) is 2.91. The lowest BCUT2D eigenvalue weighted by Crippen LogP contribution is -2.46. The molecule has 0 fully saturated rings. The van der Waals surface area contributed by atoms with Crippen LogP contribution in [-0.4, -0.2) is 31.4 Å². The number of benzene rings is 2. The van der Waals surface area contributed by atoms with Crippen molar-refractivity contribution in [2.24, 2.45) is 5.41 Å². The van der Waals surface area contributed by atoms with Gasteiger partial charge in [0.25, 0.3) is 0 Å². The number of ketones is 1. The zero-order valence-corrected chi connectivity index (χ0v) is 19.9. The fraction of sp³-hybridized carbons (Fsp3) is 0.407. The second-order valence-electron chi connectivity index (χ2n) is 9.65. The van der Waals surface area contributed by atoms with Crippen molar-refractivity contribution in [3.63, 3.8) is 0 Å². The predicted molar refractivity (Wildman–Crippen MR) is 131 cm³/mol. The summed E-state index contributed by atoms with van der Waals surface area (Å²) in [5, 5.41) is 6.59. The minimum absolute atomic E-state index is 0.0771. The molecule has 6 nitrogen and oxygen atoms in total. The van der Waals surface area contributed by atoms with Gasteiger partial charge in [-0.25, -0.2) is 0 Å². The van der Waals surface area contributed by atoms with Gasteiger partial charge < -0.3 is 20.3 Å².